The number of alkyl halides is 3. The number of carbonyl (C=O) groups is 2. The summed E-state index contributed by atoms with van der Waals surface area (Å²) >= 11 is 0. The molecule has 0 atom stereocenters. The zero-order valence-corrected chi connectivity index (χ0v) is 26.0. The summed E-state index contributed by atoms with van der Waals surface area (Å²) in [6.07, 6.45) is -3.74. The summed E-state index contributed by atoms with van der Waals surface area (Å²) in [4.78, 5) is 39.7. The monoisotopic (exact) mass is 649 g/mol. The van der Waals surface area contributed by atoms with E-state index in [1.807, 2.05) is 35.2 Å². The van der Waals surface area contributed by atoms with E-state index in [1.165, 1.54) is 11.6 Å². The number of piperidine rings is 1. The van der Waals surface area contributed by atoms with Crippen LogP contribution in [0.3, 0.4) is 0 Å². The molecule has 1 amide bonds. The molecular weight excluding hydrogens is 614 g/mol. The number of piperazine rings is 1. The van der Waals surface area contributed by atoms with Crippen LogP contribution >= 0.6 is 0 Å². The molecule has 2 saturated heterocycles. The van der Waals surface area contributed by atoms with Crippen molar-refractivity contribution in [2.45, 2.75) is 44.7 Å². The van der Waals surface area contributed by atoms with E-state index in [-0.39, 0.29) is 24.8 Å². The normalized spacial score (nSPS) is 16.1. The lowest BCUT2D eigenvalue weighted by atomic mass is 9.90. The maximum absolute atomic E-state index is 14.0. The van der Waals surface area contributed by atoms with Gasteiger partial charge in [-0.15, -0.1) is 0 Å². The Balaban J connectivity index is 1.08. The minimum Gasteiger partial charge on any atom is -0.420 e. The van der Waals surface area contributed by atoms with E-state index in [4.69, 9.17) is 4.42 Å². The van der Waals surface area contributed by atoms with Crippen LogP contribution < -0.4 is 9.80 Å². The van der Waals surface area contributed by atoms with E-state index in [0.29, 0.717) is 67.8 Å². The zero-order chi connectivity index (χ0) is 33.1. The van der Waals surface area contributed by atoms with Crippen LogP contribution in [0.15, 0.2) is 71.1 Å². The fraction of sp³-hybridized carbons (Fsp3) is 0.371. The third kappa shape index (κ3) is 7.31. The molecule has 0 unspecified atom stereocenters. The number of nitrogens with zero attached hydrogens (tertiary/aromatic N) is 5. The molecule has 47 heavy (non-hydrogen) atoms. The molecule has 2 aliphatic heterocycles. The Labute approximate surface area is 270 Å². The van der Waals surface area contributed by atoms with Crippen molar-refractivity contribution in [1.29, 1.82) is 0 Å². The minimum atomic E-state index is -4.86. The number of oxazole rings is 1. The quantitative estimate of drug-likeness (QED) is 0.165. The van der Waals surface area contributed by atoms with E-state index in [0.717, 1.165) is 12.8 Å². The second kappa shape index (κ2) is 13.5. The SMILES string of the molecule is Cc1nc(N2CCN(C(=O)Cc3ccccc3F)CC2)ccc1CC(=O)c1oc(N2CCC(c3ccccc3)CC2)nc1C(F)(F)F. The van der Waals surface area contributed by atoms with Crippen molar-refractivity contribution in [3.05, 3.63) is 106 Å². The van der Waals surface area contributed by atoms with Gasteiger partial charge in [0.05, 0.1) is 6.42 Å². The van der Waals surface area contributed by atoms with Gasteiger partial charge >= 0.3 is 6.18 Å². The fourth-order valence-electron chi connectivity index (χ4n) is 6.25. The molecule has 0 saturated carbocycles. The summed E-state index contributed by atoms with van der Waals surface area (Å²) in [7, 11) is 0. The van der Waals surface area contributed by atoms with Crippen LogP contribution in [0.1, 0.15) is 57.4 Å². The van der Waals surface area contributed by atoms with Crippen molar-refractivity contribution in [3.8, 4) is 0 Å². The number of carbonyl (C=O) groups excluding carboxylic acids is 2. The Morgan fingerprint density at radius 3 is 2.15 bits per heavy atom. The highest BCUT2D eigenvalue weighted by Crippen LogP contribution is 2.37. The first kappa shape index (κ1) is 32.2. The number of amides is 1. The van der Waals surface area contributed by atoms with E-state index >= 15 is 0 Å². The lowest BCUT2D eigenvalue weighted by molar-refractivity contribution is -0.141. The van der Waals surface area contributed by atoms with Crippen molar-refractivity contribution >= 4 is 23.5 Å². The van der Waals surface area contributed by atoms with Gasteiger partial charge in [-0.1, -0.05) is 54.6 Å². The topological polar surface area (TPSA) is 82.8 Å². The molecule has 0 bridgehead atoms. The van der Waals surface area contributed by atoms with E-state index < -0.39 is 29.2 Å². The highest BCUT2D eigenvalue weighted by atomic mass is 19.4. The van der Waals surface area contributed by atoms with Crippen molar-refractivity contribution in [2.75, 3.05) is 49.1 Å². The van der Waals surface area contributed by atoms with Crippen molar-refractivity contribution in [1.82, 2.24) is 14.9 Å². The Morgan fingerprint density at radius 1 is 0.809 bits per heavy atom. The Hall–Kier alpha value is -4.74. The molecule has 4 aromatic rings. The number of hydrogen-bond acceptors (Lipinski definition) is 7. The van der Waals surface area contributed by atoms with Gasteiger partial charge in [0, 0.05) is 51.4 Å². The van der Waals surface area contributed by atoms with Gasteiger partial charge in [0.2, 0.25) is 17.5 Å². The van der Waals surface area contributed by atoms with Gasteiger partial charge < -0.3 is 19.1 Å². The molecule has 2 aromatic heterocycles. The molecule has 0 N–H and O–H groups in total. The number of hydrogen-bond donors (Lipinski definition) is 0. The van der Waals surface area contributed by atoms with Gasteiger partial charge in [-0.2, -0.15) is 18.2 Å². The van der Waals surface area contributed by atoms with Crippen LogP contribution in [0.5, 0.6) is 0 Å². The molecule has 0 spiro atoms. The Bertz CT molecular complexity index is 1730. The highest BCUT2D eigenvalue weighted by molar-refractivity contribution is 5.96. The van der Waals surface area contributed by atoms with Crippen LogP contribution in [-0.2, 0) is 23.8 Å². The predicted molar refractivity (Wildman–Crippen MR) is 168 cm³/mol. The average molecular weight is 650 g/mol. The maximum Gasteiger partial charge on any atom is 0.437 e. The minimum absolute atomic E-state index is 0.0117. The van der Waals surface area contributed by atoms with Crippen LogP contribution in [-0.4, -0.2) is 65.8 Å². The molecule has 8 nitrogen and oxygen atoms in total. The van der Waals surface area contributed by atoms with Gasteiger partial charge in [0.25, 0.3) is 6.01 Å². The number of aromatic nitrogens is 2. The second-order valence-corrected chi connectivity index (χ2v) is 12.0. The molecule has 2 aliphatic rings. The summed E-state index contributed by atoms with van der Waals surface area (Å²) in [5, 5.41) is 0. The standard InChI is InChI=1S/C35H35F4N5O3/c1-23-26(11-12-30(40-23)42-17-19-43(20-18-42)31(46)22-27-9-5-6-10-28(27)36)21-29(45)32-33(35(37,38)39)41-34(47-32)44-15-13-25(14-16-44)24-7-3-2-4-8-24/h2-12,25H,13-22H2,1H3. The summed E-state index contributed by atoms with van der Waals surface area (Å²) in [6.45, 7) is 4.51. The van der Waals surface area contributed by atoms with Crippen molar-refractivity contribution < 1.29 is 31.6 Å². The third-order valence-corrected chi connectivity index (χ3v) is 8.96. The van der Waals surface area contributed by atoms with Gasteiger partial charge in [-0.05, 0) is 54.5 Å². The predicted octanol–water partition coefficient (Wildman–Crippen LogP) is 6.24. The molecule has 2 fully saturated rings. The molecule has 4 heterocycles. The van der Waals surface area contributed by atoms with Crippen molar-refractivity contribution in [2.24, 2.45) is 0 Å². The molecule has 0 aliphatic carbocycles. The number of halogens is 4. The number of pyridine rings is 1. The molecule has 0 radical (unpaired) electrons. The van der Waals surface area contributed by atoms with Crippen molar-refractivity contribution in [3.63, 3.8) is 0 Å². The first-order valence-corrected chi connectivity index (χ1v) is 15.7. The first-order valence-electron chi connectivity index (χ1n) is 15.7. The highest BCUT2D eigenvalue weighted by Gasteiger charge is 2.42. The molecular formula is C35H35F4N5O3. The summed E-state index contributed by atoms with van der Waals surface area (Å²) in [6, 6.07) is 19.4. The Kier molecular flexibility index (Phi) is 9.28. The van der Waals surface area contributed by atoms with Gasteiger partial charge in [-0.25, -0.2) is 9.37 Å². The molecule has 2 aromatic carbocycles. The van der Waals surface area contributed by atoms with E-state index in [9.17, 15) is 27.2 Å². The number of aryl methyl sites for hydroxylation is 1. The molecule has 12 heteroatoms. The number of anilines is 2. The van der Waals surface area contributed by atoms with Crippen LogP contribution in [0.4, 0.5) is 29.4 Å². The van der Waals surface area contributed by atoms with Crippen LogP contribution in [0.2, 0.25) is 0 Å². The lowest BCUT2D eigenvalue weighted by Crippen LogP contribution is -2.49. The number of rotatable bonds is 8. The summed E-state index contributed by atoms with van der Waals surface area (Å²) < 4.78 is 61.5. The van der Waals surface area contributed by atoms with Crippen LogP contribution in [0.25, 0.3) is 0 Å². The smallest absolute Gasteiger partial charge is 0.420 e. The number of ketones is 1. The maximum atomic E-state index is 14.0. The lowest BCUT2D eigenvalue weighted by Gasteiger charge is -2.35. The van der Waals surface area contributed by atoms with Crippen LogP contribution in [0, 0.1) is 12.7 Å². The zero-order valence-electron chi connectivity index (χ0n) is 26.0. The number of Topliss-reactive ketones (excluding diaryl/α,β-unsaturated/α-hetero) is 1. The second-order valence-electron chi connectivity index (χ2n) is 12.0. The largest absolute Gasteiger partial charge is 0.437 e. The molecule has 6 rings (SSSR count). The average Bonchev–Trinajstić information content (AvgIpc) is 3.54. The summed E-state index contributed by atoms with van der Waals surface area (Å²) in [5.74, 6) is -1.25. The number of benzene rings is 2. The Morgan fingerprint density at radius 2 is 1.49 bits per heavy atom. The van der Waals surface area contributed by atoms with Gasteiger partial charge in [-0.3, -0.25) is 9.59 Å². The summed E-state index contributed by atoms with van der Waals surface area (Å²) in [5.41, 5.74) is 1.22. The van der Waals surface area contributed by atoms with Gasteiger partial charge in [0.1, 0.15) is 11.6 Å². The van der Waals surface area contributed by atoms with E-state index in [2.05, 4.69) is 9.97 Å². The fourth-order valence-corrected chi connectivity index (χ4v) is 6.25. The van der Waals surface area contributed by atoms with Gasteiger partial charge in [0.15, 0.2) is 5.69 Å². The third-order valence-electron chi connectivity index (χ3n) is 8.96. The molecule has 246 valence electrons. The first-order chi connectivity index (χ1) is 22.6. The van der Waals surface area contributed by atoms with E-state index in [1.54, 1.807) is 47.1 Å².